The van der Waals surface area contributed by atoms with Crippen LogP contribution in [0.5, 0.6) is 0 Å². The Morgan fingerprint density at radius 1 is 1.09 bits per heavy atom. The molecule has 0 atom stereocenters. The molecule has 2 aromatic carbocycles. The van der Waals surface area contributed by atoms with Gasteiger partial charge in [0.2, 0.25) is 0 Å². The highest BCUT2D eigenvalue weighted by Crippen LogP contribution is 2.29. The van der Waals surface area contributed by atoms with Gasteiger partial charge in [-0.3, -0.25) is 4.79 Å². The molecular formula is C15H8Cl2N4O. The molecule has 5 nitrogen and oxygen atoms in total. The van der Waals surface area contributed by atoms with Gasteiger partial charge >= 0.3 is 0 Å². The van der Waals surface area contributed by atoms with Crippen LogP contribution in [0.3, 0.4) is 0 Å². The zero-order valence-corrected chi connectivity index (χ0v) is 12.6. The van der Waals surface area contributed by atoms with Crippen LogP contribution in [0.2, 0.25) is 10.0 Å². The van der Waals surface area contributed by atoms with Crippen LogP contribution in [-0.2, 0) is 0 Å². The van der Waals surface area contributed by atoms with Crippen LogP contribution in [0.1, 0.15) is 0 Å². The number of fused-ring (bicyclic) bond motifs is 3. The fraction of sp³-hybridized carbons (Fsp3) is 0. The van der Waals surface area contributed by atoms with E-state index >= 15 is 0 Å². The van der Waals surface area contributed by atoms with E-state index in [0.717, 1.165) is 0 Å². The van der Waals surface area contributed by atoms with E-state index in [0.29, 0.717) is 37.9 Å². The van der Waals surface area contributed by atoms with E-state index in [1.165, 1.54) is 0 Å². The van der Waals surface area contributed by atoms with Gasteiger partial charge in [-0.05, 0) is 24.3 Å². The average Bonchev–Trinajstić information content (AvgIpc) is 2.91. The van der Waals surface area contributed by atoms with Gasteiger partial charge in [0.05, 0.1) is 15.9 Å². The standard InChI is InChI=1S/C15H8Cl2N4O/c16-8-5-6-10-12(7-8)21-14(18-15(10)22)13(19-20-21)9-3-1-2-4-11(9)17/h1-7,20H. The zero-order valence-electron chi connectivity index (χ0n) is 11.0. The molecule has 22 heavy (non-hydrogen) atoms. The van der Waals surface area contributed by atoms with E-state index < -0.39 is 0 Å². The Morgan fingerprint density at radius 3 is 2.73 bits per heavy atom. The van der Waals surface area contributed by atoms with Crippen molar-refractivity contribution in [2.75, 3.05) is 0 Å². The molecule has 108 valence electrons. The van der Waals surface area contributed by atoms with E-state index in [1.807, 2.05) is 18.2 Å². The third-order valence-electron chi connectivity index (χ3n) is 3.45. The number of hydrogen-bond donors (Lipinski definition) is 1. The summed E-state index contributed by atoms with van der Waals surface area (Å²) in [7, 11) is 0. The summed E-state index contributed by atoms with van der Waals surface area (Å²) < 4.78 is 1.63. The minimum Gasteiger partial charge on any atom is -0.267 e. The van der Waals surface area contributed by atoms with Crippen LogP contribution in [0.25, 0.3) is 27.8 Å². The van der Waals surface area contributed by atoms with E-state index in [4.69, 9.17) is 23.2 Å². The first kappa shape index (κ1) is 13.3. The van der Waals surface area contributed by atoms with Crippen LogP contribution in [0.4, 0.5) is 0 Å². The van der Waals surface area contributed by atoms with Crippen LogP contribution in [-0.4, -0.2) is 19.8 Å². The average molecular weight is 331 g/mol. The minimum absolute atomic E-state index is 0.332. The van der Waals surface area contributed by atoms with E-state index in [-0.39, 0.29) is 5.56 Å². The summed E-state index contributed by atoms with van der Waals surface area (Å²) in [4.78, 5) is 16.4. The Balaban J connectivity index is 2.15. The lowest BCUT2D eigenvalue weighted by Gasteiger charge is -2.02. The lowest BCUT2D eigenvalue weighted by Crippen LogP contribution is -2.10. The van der Waals surface area contributed by atoms with Crippen molar-refractivity contribution in [2.45, 2.75) is 0 Å². The fourth-order valence-corrected chi connectivity index (χ4v) is 2.83. The van der Waals surface area contributed by atoms with Crippen LogP contribution >= 0.6 is 23.2 Å². The predicted molar refractivity (Wildman–Crippen MR) is 86.6 cm³/mol. The van der Waals surface area contributed by atoms with Crippen molar-refractivity contribution in [1.82, 2.24) is 19.8 Å². The number of hydrogen-bond acceptors (Lipinski definition) is 3. The maximum absolute atomic E-state index is 12.2. The van der Waals surface area contributed by atoms with Crippen molar-refractivity contribution in [1.29, 1.82) is 0 Å². The maximum atomic E-state index is 12.2. The summed E-state index contributed by atoms with van der Waals surface area (Å²) in [6, 6.07) is 12.3. The van der Waals surface area contributed by atoms with Gasteiger partial charge in [0, 0.05) is 10.6 Å². The van der Waals surface area contributed by atoms with Crippen LogP contribution < -0.4 is 5.56 Å². The number of H-pyrrole nitrogens is 1. The van der Waals surface area contributed by atoms with Crippen LogP contribution in [0.15, 0.2) is 47.3 Å². The molecule has 0 spiro atoms. The van der Waals surface area contributed by atoms with E-state index in [1.54, 1.807) is 28.8 Å². The van der Waals surface area contributed by atoms with Gasteiger partial charge in [-0.2, -0.15) is 10.1 Å². The largest absolute Gasteiger partial charge is 0.281 e. The highest BCUT2D eigenvalue weighted by Gasteiger charge is 2.15. The van der Waals surface area contributed by atoms with Crippen molar-refractivity contribution in [3.8, 4) is 11.3 Å². The summed E-state index contributed by atoms with van der Waals surface area (Å²) in [6.07, 6.45) is 0. The molecule has 0 radical (unpaired) electrons. The summed E-state index contributed by atoms with van der Waals surface area (Å²) in [5, 5.41) is 8.65. The van der Waals surface area contributed by atoms with Crippen molar-refractivity contribution >= 4 is 39.8 Å². The lowest BCUT2D eigenvalue weighted by atomic mass is 10.1. The van der Waals surface area contributed by atoms with E-state index in [2.05, 4.69) is 15.3 Å². The molecule has 0 bridgehead atoms. The molecule has 0 aliphatic carbocycles. The molecule has 0 fully saturated rings. The van der Waals surface area contributed by atoms with Gasteiger partial charge in [0.15, 0.2) is 5.65 Å². The molecule has 4 aromatic rings. The highest BCUT2D eigenvalue weighted by atomic mass is 35.5. The molecule has 0 aliphatic heterocycles. The third-order valence-corrected chi connectivity index (χ3v) is 4.02. The topological polar surface area (TPSA) is 63.0 Å². The Kier molecular flexibility index (Phi) is 2.92. The maximum Gasteiger partial charge on any atom is 0.281 e. The first-order chi connectivity index (χ1) is 10.6. The second-order valence-electron chi connectivity index (χ2n) is 4.78. The number of nitrogens with one attached hydrogen (secondary N) is 1. The highest BCUT2D eigenvalue weighted by molar-refractivity contribution is 6.33. The van der Waals surface area contributed by atoms with Gasteiger partial charge in [-0.1, -0.05) is 41.4 Å². The monoisotopic (exact) mass is 330 g/mol. The van der Waals surface area contributed by atoms with Gasteiger partial charge in [-0.25, -0.2) is 9.73 Å². The summed E-state index contributed by atoms with van der Waals surface area (Å²) >= 11 is 12.2. The third kappa shape index (κ3) is 1.90. The molecule has 0 saturated heterocycles. The molecule has 0 unspecified atom stereocenters. The normalized spacial score (nSPS) is 11.4. The second-order valence-corrected chi connectivity index (χ2v) is 5.62. The molecule has 4 rings (SSSR count). The predicted octanol–water partition coefficient (Wildman–Crippen LogP) is 3.54. The first-order valence-corrected chi connectivity index (χ1v) is 7.22. The molecule has 2 aromatic heterocycles. The molecule has 1 N–H and O–H groups in total. The summed E-state index contributed by atoms with van der Waals surface area (Å²) in [5.74, 6) is 0. The molecule has 2 heterocycles. The Labute approximate surface area is 134 Å². The summed E-state index contributed by atoms with van der Waals surface area (Å²) in [6.45, 7) is 0. The molecule has 7 heteroatoms. The van der Waals surface area contributed by atoms with E-state index in [9.17, 15) is 4.79 Å². The van der Waals surface area contributed by atoms with Gasteiger partial charge < -0.3 is 0 Å². The number of nitrogens with zero attached hydrogens (tertiary/aromatic N) is 3. The molecule has 0 amide bonds. The van der Waals surface area contributed by atoms with Gasteiger partial charge in [-0.15, -0.1) is 0 Å². The Bertz CT molecular complexity index is 1080. The number of benzene rings is 2. The van der Waals surface area contributed by atoms with Crippen molar-refractivity contribution in [3.63, 3.8) is 0 Å². The zero-order chi connectivity index (χ0) is 15.3. The number of halogens is 2. The Hall–Kier alpha value is -2.37. The van der Waals surface area contributed by atoms with Gasteiger partial charge in [0.1, 0.15) is 5.69 Å². The first-order valence-electron chi connectivity index (χ1n) is 6.46. The SMILES string of the molecule is O=c1nc2c(-c3ccccc3Cl)n[nH]n2c2cc(Cl)ccc12. The van der Waals surface area contributed by atoms with Crippen molar-refractivity contribution in [3.05, 3.63) is 62.9 Å². The molecular weight excluding hydrogens is 323 g/mol. The lowest BCUT2D eigenvalue weighted by molar-refractivity contribution is 0.874. The quantitative estimate of drug-likeness (QED) is 0.580. The van der Waals surface area contributed by atoms with Crippen LogP contribution in [0, 0.1) is 0 Å². The second kappa shape index (κ2) is 4.83. The number of rotatable bonds is 1. The van der Waals surface area contributed by atoms with Gasteiger partial charge in [0.25, 0.3) is 5.56 Å². The number of aromatic nitrogens is 4. The molecule has 0 aliphatic rings. The van der Waals surface area contributed by atoms with Crippen molar-refractivity contribution < 1.29 is 0 Å². The molecule has 0 saturated carbocycles. The number of aromatic amines is 1. The minimum atomic E-state index is -0.332. The smallest absolute Gasteiger partial charge is 0.267 e. The fourth-order valence-electron chi connectivity index (χ4n) is 2.44. The Morgan fingerprint density at radius 2 is 1.91 bits per heavy atom. The summed E-state index contributed by atoms with van der Waals surface area (Å²) in [5.41, 5.74) is 1.92. The van der Waals surface area contributed by atoms with Crippen molar-refractivity contribution in [2.24, 2.45) is 0 Å².